The van der Waals surface area contributed by atoms with Gasteiger partial charge in [-0.25, -0.2) is 0 Å². The quantitative estimate of drug-likeness (QED) is 0.887. The number of pyridine rings is 1. The number of aromatic nitrogens is 1. The van der Waals surface area contributed by atoms with Crippen LogP contribution in [0.25, 0.3) is 0 Å². The third-order valence-electron chi connectivity index (χ3n) is 5.32. The molecule has 0 saturated heterocycles. The van der Waals surface area contributed by atoms with Gasteiger partial charge in [0.05, 0.1) is 10.6 Å². The highest BCUT2D eigenvalue weighted by atomic mass is 35.5. The summed E-state index contributed by atoms with van der Waals surface area (Å²) in [4.78, 5) is 16.5. The fourth-order valence-corrected chi connectivity index (χ4v) is 4.10. The van der Waals surface area contributed by atoms with Crippen molar-refractivity contribution in [1.82, 2.24) is 10.3 Å². The van der Waals surface area contributed by atoms with E-state index in [1.54, 1.807) is 12.3 Å². The van der Waals surface area contributed by atoms with Crippen LogP contribution >= 0.6 is 11.6 Å². The largest absolute Gasteiger partial charge is 0.486 e. The van der Waals surface area contributed by atoms with Crippen molar-refractivity contribution in [2.24, 2.45) is 0 Å². The van der Waals surface area contributed by atoms with Crippen molar-refractivity contribution in [2.75, 3.05) is 19.8 Å². The molecule has 1 aliphatic carbocycles. The second kappa shape index (κ2) is 7.16. The first kappa shape index (κ1) is 17.2. The van der Waals surface area contributed by atoms with E-state index in [1.165, 1.54) is 11.8 Å². The number of benzene rings is 1. The second-order valence-corrected chi connectivity index (χ2v) is 7.29. The lowest BCUT2D eigenvalue weighted by atomic mass is 9.78. The van der Waals surface area contributed by atoms with E-state index in [4.69, 9.17) is 21.1 Å². The van der Waals surface area contributed by atoms with Crippen LogP contribution in [0.2, 0.25) is 5.02 Å². The zero-order valence-corrected chi connectivity index (χ0v) is 15.2. The van der Waals surface area contributed by atoms with E-state index in [9.17, 15) is 4.79 Å². The molecule has 136 valence electrons. The molecule has 1 fully saturated rings. The number of halogens is 1. The third kappa shape index (κ3) is 3.23. The lowest BCUT2D eigenvalue weighted by molar-refractivity contribution is 0.0943. The highest BCUT2D eigenvalue weighted by Crippen LogP contribution is 2.43. The Morgan fingerprint density at radius 2 is 1.92 bits per heavy atom. The molecule has 1 saturated carbocycles. The van der Waals surface area contributed by atoms with Crippen molar-refractivity contribution in [1.29, 1.82) is 0 Å². The number of hydrogen-bond acceptors (Lipinski definition) is 4. The lowest BCUT2D eigenvalue weighted by Crippen LogP contribution is -2.39. The molecule has 6 heteroatoms. The first-order chi connectivity index (χ1) is 12.7. The Morgan fingerprint density at radius 3 is 2.69 bits per heavy atom. The summed E-state index contributed by atoms with van der Waals surface area (Å²) >= 11 is 6.09. The summed E-state index contributed by atoms with van der Waals surface area (Å²) < 4.78 is 11.4. The van der Waals surface area contributed by atoms with Gasteiger partial charge in [0.2, 0.25) is 0 Å². The predicted molar refractivity (Wildman–Crippen MR) is 99.2 cm³/mol. The topological polar surface area (TPSA) is 60.5 Å². The molecule has 5 nitrogen and oxygen atoms in total. The molecule has 0 atom stereocenters. The van der Waals surface area contributed by atoms with Crippen molar-refractivity contribution >= 4 is 17.5 Å². The van der Waals surface area contributed by atoms with E-state index in [1.807, 2.05) is 6.07 Å². The SMILES string of the molecule is O=C(NCC1(c2ccc3c(c2)OCCO3)CCCC1)c1ccncc1Cl. The summed E-state index contributed by atoms with van der Waals surface area (Å²) in [5.74, 6) is 1.42. The monoisotopic (exact) mass is 372 g/mol. The Morgan fingerprint density at radius 1 is 1.15 bits per heavy atom. The zero-order chi connectivity index (χ0) is 18.0. The Balaban J connectivity index is 1.55. The molecule has 0 bridgehead atoms. The van der Waals surface area contributed by atoms with Crippen LogP contribution in [-0.4, -0.2) is 30.6 Å². The molecule has 2 aromatic rings. The molecule has 0 spiro atoms. The molecular weight excluding hydrogens is 352 g/mol. The van der Waals surface area contributed by atoms with Crippen LogP contribution in [0.1, 0.15) is 41.6 Å². The molecule has 4 rings (SSSR count). The van der Waals surface area contributed by atoms with Gasteiger partial charge in [0, 0.05) is 24.4 Å². The Labute approximate surface area is 157 Å². The second-order valence-electron chi connectivity index (χ2n) is 6.88. The van der Waals surface area contributed by atoms with E-state index >= 15 is 0 Å². The van der Waals surface area contributed by atoms with Crippen molar-refractivity contribution in [3.8, 4) is 11.5 Å². The minimum atomic E-state index is -0.166. The first-order valence-corrected chi connectivity index (χ1v) is 9.34. The average molecular weight is 373 g/mol. The van der Waals surface area contributed by atoms with Gasteiger partial charge in [-0.3, -0.25) is 9.78 Å². The fourth-order valence-electron chi connectivity index (χ4n) is 3.90. The van der Waals surface area contributed by atoms with Crippen molar-refractivity contribution in [3.05, 3.63) is 52.8 Å². The van der Waals surface area contributed by atoms with Gasteiger partial charge in [0.1, 0.15) is 13.2 Å². The minimum Gasteiger partial charge on any atom is -0.486 e. The summed E-state index contributed by atoms with van der Waals surface area (Å²) in [7, 11) is 0. The van der Waals surface area contributed by atoms with Crippen LogP contribution in [0.5, 0.6) is 11.5 Å². The van der Waals surface area contributed by atoms with Crippen LogP contribution in [0.3, 0.4) is 0 Å². The highest BCUT2D eigenvalue weighted by molar-refractivity contribution is 6.33. The maximum Gasteiger partial charge on any atom is 0.252 e. The van der Waals surface area contributed by atoms with E-state index in [2.05, 4.69) is 22.4 Å². The number of rotatable bonds is 4. The molecule has 1 amide bonds. The molecule has 0 radical (unpaired) electrons. The van der Waals surface area contributed by atoms with Crippen LogP contribution < -0.4 is 14.8 Å². The third-order valence-corrected chi connectivity index (χ3v) is 5.62. The molecule has 0 unspecified atom stereocenters. The summed E-state index contributed by atoms with van der Waals surface area (Å²) in [5.41, 5.74) is 1.57. The molecule has 1 aliphatic heterocycles. The molecule has 2 heterocycles. The number of nitrogens with one attached hydrogen (secondary N) is 1. The summed E-state index contributed by atoms with van der Waals surface area (Å²) in [6, 6.07) is 7.80. The van der Waals surface area contributed by atoms with Crippen LogP contribution in [-0.2, 0) is 5.41 Å². The van der Waals surface area contributed by atoms with Gasteiger partial charge in [-0.15, -0.1) is 0 Å². The van der Waals surface area contributed by atoms with Crippen molar-refractivity contribution in [3.63, 3.8) is 0 Å². The Kier molecular flexibility index (Phi) is 4.72. The van der Waals surface area contributed by atoms with Gasteiger partial charge in [-0.05, 0) is 36.6 Å². The molecule has 1 aromatic carbocycles. The summed E-state index contributed by atoms with van der Waals surface area (Å²) in [6.45, 7) is 1.73. The normalized spacial score (nSPS) is 17.7. The first-order valence-electron chi connectivity index (χ1n) is 8.96. The smallest absolute Gasteiger partial charge is 0.252 e. The van der Waals surface area contributed by atoms with E-state index in [0.717, 1.165) is 37.2 Å². The zero-order valence-electron chi connectivity index (χ0n) is 14.5. The van der Waals surface area contributed by atoms with Crippen molar-refractivity contribution < 1.29 is 14.3 Å². The Bertz CT molecular complexity index is 818. The summed E-state index contributed by atoms with van der Waals surface area (Å²) in [6.07, 6.45) is 7.45. The van der Waals surface area contributed by atoms with Crippen LogP contribution in [0.4, 0.5) is 0 Å². The van der Waals surface area contributed by atoms with Gasteiger partial charge >= 0.3 is 0 Å². The maximum absolute atomic E-state index is 12.6. The fraction of sp³-hybridized carbons (Fsp3) is 0.400. The van der Waals surface area contributed by atoms with Crippen LogP contribution in [0.15, 0.2) is 36.7 Å². The average Bonchev–Trinajstić information content (AvgIpc) is 3.16. The number of carbonyl (C=O) groups excluding carboxylic acids is 1. The molecule has 1 N–H and O–H groups in total. The predicted octanol–water partition coefficient (Wildman–Crippen LogP) is 3.75. The summed E-state index contributed by atoms with van der Waals surface area (Å²) in [5, 5.41) is 3.44. The molecular formula is C20H21ClN2O3. The van der Waals surface area contributed by atoms with Gasteiger partial charge in [0.25, 0.3) is 5.91 Å². The molecule has 26 heavy (non-hydrogen) atoms. The number of ether oxygens (including phenoxy) is 2. The number of hydrogen-bond donors (Lipinski definition) is 1. The molecule has 1 aromatic heterocycles. The van der Waals surface area contributed by atoms with Gasteiger partial charge in [-0.2, -0.15) is 0 Å². The number of carbonyl (C=O) groups is 1. The lowest BCUT2D eigenvalue weighted by Gasteiger charge is -2.31. The maximum atomic E-state index is 12.6. The number of nitrogens with zero attached hydrogens (tertiary/aromatic N) is 1. The number of amides is 1. The standard InChI is InChI=1S/C20H21ClN2O3/c21-16-12-22-8-5-15(16)19(24)23-13-20(6-1-2-7-20)14-3-4-17-18(11-14)26-10-9-25-17/h3-5,8,11-12H,1-2,6-7,9-10,13H2,(H,23,24). The van der Waals surface area contributed by atoms with E-state index in [-0.39, 0.29) is 11.3 Å². The molecule has 2 aliphatic rings. The van der Waals surface area contributed by atoms with Crippen LogP contribution in [0, 0.1) is 0 Å². The number of fused-ring (bicyclic) bond motifs is 1. The van der Waals surface area contributed by atoms with Gasteiger partial charge < -0.3 is 14.8 Å². The van der Waals surface area contributed by atoms with E-state index in [0.29, 0.717) is 30.3 Å². The van der Waals surface area contributed by atoms with E-state index < -0.39 is 0 Å². The minimum absolute atomic E-state index is 0.0784. The van der Waals surface area contributed by atoms with Gasteiger partial charge in [0.15, 0.2) is 11.5 Å². The van der Waals surface area contributed by atoms with Crippen molar-refractivity contribution in [2.45, 2.75) is 31.1 Å². The van der Waals surface area contributed by atoms with Gasteiger partial charge in [-0.1, -0.05) is 30.5 Å². The Hall–Kier alpha value is -2.27. The highest BCUT2D eigenvalue weighted by Gasteiger charge is 2.37.